The second-order valence-electron chi connectivity index (χ2n) is 5.58. The zero-order valence-corrected chi connectivity index (χ0v) is 10.8. The van der Waals surface area contributed by atoms with Gasteiger partial charge >= 0.3 is 5.97 Å². The number of methoxy groups -OCH3 is 1. The quantitative estimate of drug-likeness (QED) is 0.650. The highest BCUT2D eigenvalue weighted by atomic mass is 16.7. The molecule has 17 heavy (non-hydrogen) atoms. The highest BCUT2D eigenvalue weighted by Gasteiger charge is 2.59. The van der Waals surface area contributed by atoms with Crippen molar-refractivity contribution in [3.63, 3.8) is 0 Å². The van der Waals surface area contributed by atoms with Gasteiger partial charge in [0.1, 0.15) is 0 Å². The van der Waals surface area contributed by atoms with Crippen LogP contribution in [-0.2, 0) is 19.1 Å². The van der Waals surface area contributed by atoms with Crippen molar-refractivity contribution in [2.45, 2.75) is 32.8 Å². The highest BCUT2D eigenvalue weighted by Crippen LogP contribution is 2.42. The molecule has 0 saturated carbocycles. The third-order valence-electron chi connectivity index (χ3n) is 3.40. The van der Waals surface area contributed by atoms with Crippen LogP contribution in [0.25, 0.3) is 0 Å². The monoisotopic (exact) mass is 241 g/mol. The molecule has 5 nitrogen and oxygen atoms in total. The van der Waals surface area contributed by atoms with Crippen LogP contribution in [0.4, 0.5) is 0 Å². The van der Waals surface area contributed by atoms with Crippen molar-refractivity contribution >= 4 is 11.7 Å². The van der Waals surface area contributed by atoms with Crippen molar-refractivity contribution in [1.29, 1.82) is 0 Å². The minimum Gasteiger partial charge on any atom is -0.466 e. The lowest BCUT2D eigenvalue weighted by Crippen LogP contribution is -2.54. The van der Waals surface area contributed by atoms with Crippen LogP contribution in [0.2, 0.25) is 0 Å². The molecule has 2 aliphatic heterocycles. The lowest BCUT2D eigenvalue weighted by molar-refractivity contribution is -0.182. The summed E-state index contributed by atoms with van der Waals surface area (Å²) in [6.07, 6.45) is 0.493. The predicted molar refractivity (Wildman–Crippen MR) is 61.6 cm³/mol. The minimum atomic E-state index is -0.963. The first kappa shape index (κ1) is 12.4. The summed E-state index contributed by atoms with van der Waals surface area (Å²) in [5.74, 6) is -0.488. The maximum absolute atomic E-state index is 12.0. The lowest BCUT2D eigenvalue weighted by atomic mass is 9.73. The third-order valence-corrected chi connectivity index (χ3v) is 3.40. The molecule has 96 valence electrons. The van der Waals surface area contributed by atoms with Gasteiger partial charge < -0.3 is 14.3 Å². The molecule has 0 aromatic rings. The van der Waals surface area contributed by atoms with Crippen LogP contribution in [-0.4, -0.2) is 37.6 Å². The number of rotatable bonds is 1. The van der Waals surface area contributed by atoms with Gasteiger partial charge in [0.25, 0.3) is 0 Å². The second-order valence-corrected chi connectivity index (χ2v) is 5.58. The van der Waals surface area contributed by atoms with Crippen LogP contribution < -0.4 is 0 Å². The van der Waals surface area contributed by atoms with Crippen LogP contribution in [0.15, 0.2) is 5.16 Å². The molecule has 5 heteroatoms. The Balaban J connectivity index is 2.33. The standard InChI is InChI=1S/C12H19NO4/c1-11(2,3)9-8-7-16-6-5-12(8,17-13-9)10(14)15-4/h8H,5-7H2,1-4H3. The van der Waals surface area contributed by atoms with Gasteiger partial charge in [-0.25, -0.2) is 4.79 Å². The molecule has 2 heterocycles. The Kier molecular flexibility index (Phi) is 2.89. The molecule has 0 amide bonds. The number of oxime groups is 1. The molecule has 0 aromatic carbocycles. The summed E-state index contributed by atoms with van der Waals surface area (Å²) >= 11 is 0. The number of nitrogens with zero attached hydrogens (tertiary/aromatic N) is 1. The summed E-state index contributed by atoms with van der Waals surface area (Å²) in [4.78, 5) is 17.4. The van der Waals surface area contributed by atoms with Gasteiger partial charge in [-0.05, 0) is 0 Å². The fourth-order valence-electron chi connectivity index (χ4n) is 2.45. The largest absolute Gasteiger partial charge is 0.466 e. The molecule has 1 saturated heterocycles. The summed E-state index contributed by atoms with van der Waals surface area (Å²) < 4.78 is 10.3. The van der Waals surface area contributed by atoms with Crippen LogP contribution in [0.1, 0.15) is 27.2 Å². The van der Waals surface area contributed by atoms with E-state index in [1.165, 1.54) is 7.11 Å². The van der Waals surface area contributed by atoms with Gasteiger partial charge in [0.2, 0.25) is 5.60 Å². The maximum atomic E-state index is 12.0. The van der Waals surface area contributed by atoms with Gasteiger partial charge in [0.15, 0.2) is 0 Å². The zero-order valence-electron chi connectivity index (χ0n) is 10.8. The second kappa shape index (κ2) is 3.98. The Morgan fingerprint density at radius 2 is 2.24 bits per heavy atom. The van der Waals surface area contributed by atoms with E-state index in [2.05, 4.69) is 25.9 Å². The van der Waals surface area contributed by atoms with Crippen LogP contribution in [0.3, 0.4) is 0 Å². The number of carbonyl (C=O) groups is 1. The molecule has 2 atom stereocenters. The zero-order chi connectivity index (χ0) is 12.7. The Morgan fingerprint density at radius 1 is 1.53 bits per heavy atom. The molecule has 2 unspecified atom stereocenters. The number of esters is 1. The Morgan fingerprint density at radius 3 is 2.82 bits per heavy atom. The average Bonchev–Trinajstić information content (AvgIpc) is 2.68. The SMILES string of the molecule is COC(=O)C12CCOCC1C(C(C)(C)C)=NO2. The first-order valence-electron chi connectivity index (χ1n) is 5.84. The van der Waals surface area contributed by atoms with Crippen molar-refractivity contribution in [1.82, 2.24) is 0 Å². The molecule has 0 aromatic heterocycles. The smallest absolute Gasteiger partial charge is 0.353 e. The summed E-state index contributed by atoms with van der Waals surface area (Å²) in [5, 5.41) is 4.13. The van der Waals surface area contributed by atoms with E-state index in [-0.39, 0.29) is 17.3 Å². The number of ether oxygens (including phenoxy) is 2. The van der Waals surface area contributed by atoms with Crippen LogP contribution >= 0.6 is 0 Å². The van der Waals surface area contributed by atoms with Gasteiger partial charge in [0.05, 0.1) is 32.0 Å². The van der Waals surface area contributed by atoms with E-state index in [1.54, 1.807) is 0 Å². The van der Waals surface area contributed by atoms with Crippen molar-refractivity contribution in [3.05, 3.63) is 0 Å². The van der Waals surface area contributed by atoms with E-state index in [0.29, 0.717) is 19.6 Å². The first-order valence-corrected chi connectivity index (χ1v) is 5.84. The number of carbonyl (C=O) groups excluding carboxylic acids is 1. The molecule has 0 spiro atoms. The molecular weight excluding hydrogens is 222 g/mol. The van der Waals surface area contributed by atoms with Gasteiger partial charge in [-0.2, -0.15) is 0 Å². The molecule has 0 bridgehead atoms. The Labute approximate surface area is 101 Å². The van der Waals surface area contributed by atoms with Gasteiger partial charge in [0, 0.05) is 11.8 Å². The van der Waals surface area contributed by atoms with E-state index < -0.39 is 5.60 Å². The molecule has 1 fully saturated rings. The van der Waals surface area contributed by atoms with Crippen LogP contribution in [0, 0.1) is 11.3 Å². The van der Waals surface area contributed by atoms with Crippen LogP contribution in [0.5, 0.6) is 0 Å². The fourth-order valence-corrected chi connectivity index (χ4v) is 2.45. The van der Waals surface area contributed by atoms with Gasteiger partial charge in [-0.3, -0.25) is 0 Å². The van der Waals surface area contributed by atoms with Crippen molar-refractivity contribution < 1.29 is 19.1 Å². The first-order chi connectivity index (χ1) is 7.92. The van der Waals surface area contributed by atoms with E-state index >= 15 is 0 Å². The lowest BCUT2D eigenvalue weighted by Gasteiger charge is -2.36. The van der Waals surface area contributed by atoms with Crippen molar-refractivity contribution in [2.75, 3.05) is 20.3 Å². The third kappa shape index (κ3) is 1.82. The van der Waals surface area contributed by atoms with Crippen molar-refractivity contribution in [3.8, 4) is 0 Å². The molecule has 0 N–H and O–H groups in total. The van der Waals surface area contributed by atoms with Gasteiger partial charge in [-0.15, -0.1) is 0 Å². The molecule has 0 aliphatic carbocycles. The normalized spacial score (nSPS) is 32.5. The number of hydrogen-bond donors (Lipinski definition) is 0. The average molecular weight is 241 g/mol. The van der Waals surface area contributed by atoms with Gasteiger partial charge in [-0.1, -0.05) is 25.9 Å². The molecule has 2 aliphatic rings. The van der Waals surface area contributed by atoms with E-state index in [1.807, 2.05) is 0 Å². The van der Waals surface area contributed by atoms with Crippen molar-refractivity contribution in [2.24, 2.45) is 16.5 Å². The minimum absolute atomic E-state index is 0.135. The highest BCUT2D eigenvalue weighted by molar-refractivity contribution is 5.99. The maximum Gasteiger partial charge on any atom is 0.353 e. The summed E-state index contributed by atoms with van der Waals surface area (Å²) in [7, 11) is 1.38. The van der Waals surface area contributed by atoms with E-state index in [0.717, 1.165) is 5.71 Å². The fraction of sp³-hybridized carbons (Fsp3) is 0.833. The molecule has 2 rings (SSSR count). The number of hydrogen-bond acceptors (Lipinski definition) is 5. The summed E-state index contributed by atoms with van der Waals surface area (Å²) in [5.41, 5.74) is -0.223. The van der Waals surface area contributed by atoms with E-state index in [4.69, 9.17) is 14.3 Å². The predicted octanol–water partition coefficient (Wildman–Crippen LogP) is 1.37. The summed E-state index contributed by atoms with van der Waals surface area (Å²) in [6.45, 7) is 7.12. The topological polar surface area (TPSA) is 57.1 Å². The van der Waals surface area contributed by atoms with E-state index in [9.17, 15) is 4.79 Å². The number of fused-ring (bicyclic) bond motifs is 1. The molecular formula is C12H19NO4. The summed E-state index contributed by atoms with van der Waals surface area (Å²) in [6, 6.07) is 0. The Bertz CT molecular complexity index is 358. The molecule has 0 radical (unpaired) electrons. The Hall–Kier alpha value is -1.10.